The molecule has 6 atom stereocenters. The van der Waals surface area contributed by atoms with Gasteiger partial charge in [0, 0.05) is 25.2 Å². The Morgan fingerprint density at radius 1 is 1.18 bits per heavy atom. The molecule has 8 heteroatoms. The summed E-state index contributed by atoms with van der Waals surface area (Å²) in [4.78, 5) is 32.7. The average Bonchev–Trinajstić information content (AvgIpc) is 3.17. The van der Waals surface area contributed by atoms with E-state index in [1.54, 1.807) is 4.90 Å². The van der Waals surface area contributed by atoms with E-state index in [0.717, 1.165) is 56.9 Å². The minimum atomic E-state index is -0.725. The van der Waals surface area contributed by atoms with Crippen LogP contribution in [0.15, 0.2) is 24.3 Å². The number of benzene rings is 1. The van der Waals surface area contributed by atoms with Gasteiger partial charge in [0.2, 0.25) is 11.8 Å². The molecule has 5 aliphatic rings. The number of hydrogen-bond acceptors (Lipinski definition) is 5. The second kappa shape index (κ2) is 8.03. The zero-order chi connectivity index (χ0) is 23.6. The van der Waals surface area contributed by atoms with Crippen molar-refractivity contribution in [3.8, 4) is 6.07 Å². The highest BCUT2D eigenvalue weighted by atomic mass is 19.1. The number of halogens is 1. The number of nitrogens with zero attached hydrogens (tertiary/aromatic N) is 4. The van der Waals surface area contributed by atoms with Crippen molar-refractivity contribution in [1.29, 1.82) is 5.26 Å². The molecule has 0 spiro atoms. The van der Waals surface area contributed by atoms with Gasteiger partial charge in [-0.1, -0.05) is 31.4 Å². The van der Waals surface area contributed by atoms with E-state index in [0.29, 0.717) is 19.0 Å². The summed E-state index contributed by atoms with van der Waals surface area (Å²) < 4.78 is 13.7. The van der Waals surface area contributed by atoms with Crippen LogP contribution in [-0.2, 0) is 15.1 Å². The molecule has 1 aromatic carbocycles. The summed E-state index contributed by atoms with van der Waals surface area (Å²) in [7, 11) is 0. The van der Waals surface area contributed by atoms with Crippen LogP contribution in [0.3, 0.4) is 0 Å². The van der Waals surface area contributed by atoms with Gasteiger partial charge in [-0.15, -0.1) is 0 Å². The number of piperazine rings is 1. The molecule has 2 amide bonds. The van der Waals surface area contributed by atoms with Crippen molar-refractivity contribution >= 4 is 11.8 Å². The minimum Gasteiger partial charge on any atom is -0.327 e. The first kappa shape index (κ1) is 22.0. The zero-order valence-corrected chi connectivity index (χ0v) is 19.4. The Hall–Kier alpha value is -2.50. The molecule has 1 aromatic rings. The Labute approximate surface area is 199 Å². The molecule has 3 saturated heterocycles. The van der Waals surface area contributed by atoms with Gasteiger partial charge in [0.05, 0.1) is 23.7 Å². The molecular weight excluding hydrogens is 433 g/mol. The molecule has 3 aliphatic heterocycles. The van der Waals surface area contributed by atoms with Gasteiger partial charge < -0.3 is 15.5 Å². The highest BCUT2D eigenvalue weighted by Gasteiger charge is 2.58. The SMILES string of the molecule is N#C[C@@H]1CC2C[C@@H]2N1C(=O)[C@@H](N)CN1C[C@H]2C[C@@H]1C(=O)N2C1(c2ccc(F)cc2)CCCCC1. The second-order valence-electron chi connectivity index (χ2n) is 11.0. The van der Waals surface area contributed by atoms with Gasteiger partial charge in [-0.3, -0.25) is 14.5 Å². The van der Waals surface area contributed by atoms with Crippen LogP contribution in [0, 0.1) is 23.1 Å². The Bertz CT molecular complexity index is 1030. The smallest absolute Gasteiger partial charge is 0.242 e. The van der Waals surface area contributed by atoms with Crippen molar-refractivity contribution in [2.75, 3.05) is 13.1 Å². The largest absolute Gasteiger partial charge is 0.327 e. The zero-order valence-electron chi connectivity index (χ0n) is 19.4. The van der Waals surface area contributed by atoms with E-state index in [9.17, 15) is 19.2 Å². The van der Waals surface area contributed by atoms with Gasteiger partial charge in [0.15, 0.2) is 0 Å². The predicted molar refractivity (Wildman–Crippen MR) is 123 cm³/mol. The Kier molecular flexibility index (Phi) is 5.19. The highest BCUT2D eigenvalue weighted by molar-refractivity contribution is 5.87. The van der Waals surface area contributed by atoms with E-state index in [-0.39, 0.29) is 47.3 Å². The van der Waals surface area contributed by atoms with Gasteiger partial charge in [-0.25, -0.2) is 4.39 Å². The first-order chi connectivity index (χ1) is 16.4. The number of likely N-dealkylation sites (tertiary alicyclic amines) is 3. The number of nitriles is 1. The van der Waals surface area contributed by atoms with Gasteiger partial charge in [0.25, 0.3) is 0 Å². The number of piperidine rings is 1. The Balaban J connectivity index is 1.18. The monoisotopic (exact) mass is 465 g/mol. The molecular formula is C26H32FN5O2. The topological polar surface area (TPSA) is 93.7 Å². The van der Waals surface area contributed by atoms with Crippen LogP contribution < -0.4 is 5.73 Å². The summed E-state index contributed by atoms with van der Waals surface area (Å²) in [5, 5.41) is 9.43. The number of carbonyl (C=O) groups is 2. The lowest BCUT2D eigenvalue weighted by Crippen LogP contribution is -2.61. The van der Waals surface area contributed by atoms with Crippen LogP contribution in [0.1, 0.15) is 56.9 Å². The van der Waals surface area contributed by atoms with Crippen molar-refractivity contribution in [3.63, 3.8) is 0 Å². The third-order valence-corrected chi connectivity index (χ3v) is 9.05. The lowest BCUT2D eigenvalue weighted by Gasteiger charge is -2.50. The normalized spacial score (nSPS) is 34.7. The van der Waals surface area contributed by atoms with E-state index in [1.165, 1.54) is 12.1 Å². The Morgan fingerprint density at radius 3 is 2.59 bits per heavy atom. The van der Waals surface area contributed by atoms with Crippen molar-refractivity contribution < 1.29 is 14.0 Å². The number of hydrogen-bond donors (Lipinski definition) is 1. The molecule has 2 bridgehead atoms. The number of amides is 2. The molecule has 2 aliphatic carbocycles. The number of rotatable bonds is 5. The summed E-state index contributed by atoms with van der Waals surface area (Å²) in [6.07, 6.45) is 7.55. The highest BCUT2D eigenvalue weighted by Crippen LogP contribution is 2.49. The maximum absolute atomic E-state index is 13.7. The summed E-state index contributed by atoms with van der Waals surface area (Å²) in [6.45, 7) is 1.04. The predicted octanol–water partition coefficient (Wildman–Crippen LogP) is 2.11. The van der Waals surface area contributed by atoms with Crippen LogP contribution in [0.2, 0.25) is 0 Å². The maximum atomic E-state index is 13.7. The molecule has 6 rings (SSSR count). The van der Waals surface area contributed by atoms with Gasteiger partial charge in [-0.2, -0.15) is 5.26 Å². The molecule has 2 saturated carbocycles. The van der Waals surface area contributed by atoms with Gasteiger partial charge >= 0.3 is 0 Å². The van der Waals surface area contributed by atoms with Crippen molar-refractivity contribution in [2.45, 2.75) is 87.1 Å². The summed E-state index contributed by atoms with van der Waals surface area (Å²) in [6, 6.07) is 7.85. The lowest BCUT2D eigenvalue weighted by atomic mass is 9.74. The van der Waals surface area contributed by atoms with Gasteiger partial charge in [-0.05, 0) is 55.7 Å². The fourth-order valence-corrected chi connectivity index (χ4v) is 7.40. The molecule has 34 heavy (non-hydrogen) atoms. The molecule has 7 nitrogen and oxygen atoms in total. The number of nitrogens with two attached hydrogens (primary N) is 1. The third-order valence-electron chi connectivity index (χ3n) is 9.05. The number of carbonyl (C=O) groups excluding carboxylic acids is 2. The first-order valence-corrected chi connectivity index (χ1v) is 12.7. The van der Waals surface area contributed by atoms with Crippen LogP contribution in [-0.4, -0.2) is 69.8 Å². The van der Waals surface area contributed by atoms with Crippen LogP contribution in [0.25, 0.3) is 0 Å². The number of fused-ring (bicyclic) bond motifs is 3. The van der Waals surface area contributed by atoms with Crippen molar-refractivity contribution in [2.24, 2.45) is 11.7 Å². The van der Waals surface area contributed by atoms with E-state index < -0.39 is 6.04 Å². The lowest BCUT2D eigenvalue weighted by molar-refractivity contribution is -0.147. The Morgan fingerprint density at radius 2 is 1.91 bits per heavy atom. The van der Waals surface area contributed by atoms with Crippen LogP contribution >= 0.6 is 0 Å². The first-order valence-electron chi connectivity index (χ1n) is 12.7. The molecule has 3 heterocycles. The van der Waals surface area contributed by atoms with Crippen molar-refractivity contribution in [1.82, 2.24) is 14.7 Å². The molecule has 2 N–H and O–H groups in total. The van der Waals surface area contributed by atoms with Crippen LogP contribution in [0.5, 0.6) is 0 Å². The molecule has 180 valence electrons. The fraction of sp³-hybridized carbons (Fsp3) is 0.654. The fourth-order valence-electron chi connectivity index (χ4n) is 7.40. The maximum Gasteiger partial charge on any atom is 0.242 e. The molecule has 1 unspecified atom stereocenters. The van der Waals surface area contributed by atoms with Crippen molar-refractivity contribution in [3.05, 3.63) is 35.6 Å². The van der Waals surface area contributed by atoms with E-state index in [1.807, 2.05) is 12.1 Å². The average molecular weight is 466 g/mol. The van der Waals surface area contributed by atoms with Crippen LogP contribution in [0.4, 0.5) is 4.39 Å². The quantitative estimate of drug-likeness (QED) is 0.719. The van der Waals surface area contributed by atoms with E-state index >= 15 is 0 Å². The molecule has 0 aromatic heterocycles. The standard InChI is InChI=1S/C26H32FN5O2/c27-18-6-4-17(5-7-18)26(8-2-1-3-9-26)32-20-12-23(25(32)34)30(14-20)15-21(29)24(33)31-19(13-28)10-16-11-22(16)31/h4-7,16,19-23H,1-3,8-12,14-15,29H2/t16?,19-,20+,21-,22-,23+/m0/s1. The van der Waals surface area contributed by atoms with E-state index in [2.05, 4.69) is 15.9 Å². The summed E-state index contributed by atoms with van der Waals surface area (Å²) in [5.41, 5.74) is 7.02. The molecule has 0 radical (unpaired) electrons. The summed E-state index contributed by atoms with van der Waals surface area (Å²) in [5.74, 6) is 0.152. The second-order valence-corrected chi connectivity index (χ2v) is 11.0. The van der Waals surface area contributed by atoms with E-state index in [4.69, 9.17) is 5.73 Å². The van der Waals surface area contributed by atoms with Gasteiger partial charge in [0.1, 0.15) is 11.9 Å². The third kappa shape index (κ3) is 3.28. The minimum absolute atomic E-state index is 0.0782. The summed E-state index contributed by atoms with van der Waals surface area (Å²) >= 11 is 0. The molecule has 5 fully saturated rings.